The van der Waals surface area contributed by atoms with Gasteiger partial charge in [0.05, 0.1) is 5.88 Å². The van der Waals surface area contributed by atoms with E-state index in [0.29, 0.717) is 11.7 Å². The highest BCUT2D eigenvalue weighted by molar-refractivity contribution is 6.17. The fourth-order valence-corrected chi connectivity index (χ4v) is 1.26. The van der Waals surface area contributed by atoms with Crippen molar-refractivity contribution in [3.05, 3.63) is 30.4 Å². The van der Waals surface area contributed by atoms with Gasteiger partial charge >= 0.3 is 0 Å². The summed E-state index contributed by atoms with van der Waals surface area (Å²) in [6.45, 7) is 0. The van der Waals surface area contributed by atoms with Crippen molar-refractivity contribution in [2.45, 2.75) is 5.88 Å². The van der Waals surface area contributed by atoms with Crippen molar-refractivity contribution in [2.75, 3.05) is 0 Å². The van der Waals surface area contributed by atoms with Gasteiger partial charge in [0.2, 0.25) is 0 Å². The Morgan fingerprint density at radius 2 is 2.00 bits per heavy atom. The molecule has 72 valence electrons. The molecule has 0 aromatic carbocycles. The average molecular weight is 209 g/mol. The summed E-state index contributed by atoms with van der Waals surface area (Å²) in [7, 11) is 1.90. The van der Waals surface area contributed by atoms with Crippen LogP contribution in [0, 0.1) is 0 Å². The standard InChI is InChI=1S/C9H9ClN4/c1-14-3-2-11-9(14)8-12-5-7(4-10)6-13-8/h2-3,5-6H,4H2,1H3. The Balaban J connectivity index is 2.39. The number of halogens is 1. The molecule has 2 aromatic heterocycles. The van der Waals surface area contributed by atoms with Crippen molar-refractivity contribution in [2.24, 2.45) is 7.05 Å². The first kappa shape index (κ1) is 9.15. The lowest BCUT2D eigenvalue weighted by Gasteiger charge is -2.00. The topological polar surface area (TPSA) is 43.6 Å². The highest BCUT2D eigenvalue weighted by Gasteiger charge is 2.05. The van der Waals surface area contributed by atoms with Gasteiger partial charge < -0.3 is 4.57 Å². The highest BCUT2D eigenvalue weighted by Crippen LogP contribution is 2.10. The van der Waals surface area contributed by atoms with Gasteiger partial charge in [-0.05, 0) is 0 Å². The maximum Gasteiger partial charge on any atom is 0.195 e. The van der Waals surface area contributed by atoms with E-state index in [9.17, 15) is 0 Å². The molecule has 0 aliphatic heterocycles. The molecule has 0 aliphatic carbocycles. The summed E-state index contributed by atoms with van der Waals surface area (Å²) in [5.74, 6) is 1.80. The van der Waals surface area contributed by atoms with Crippen molar-refractivity contribution in [1.82, 2.24) is 19.5 Å². The molecule has 0 N–H and O–H groups in total. The second-order valence-corrected chi connectivity index (χ2v) is 3.18. The molecule has 2 aromatic rings. The van der Waals surface area contributed by atoms with Crippen LogP contribution in [0.5, 0.6) is 0 Å². The molecule has 4 nitrogen and oxygen atoms in total. The minimum atomic E-state index is 0.431. The summed E-state index contributed by atoms with van der Waals surface area (Å²) in [5.41, 5.74) is 0.907. The van der Waals surface area contributed by atoms with Crippen LogP contribution in [0.25, 0.3) is 11.6 Å². The van der Waals surface area contributed by atoms with Crippen LogP contribution in [0.1, 0.15) is 5.56 Å². The van der Waals surface area contributed by atoms with Crippen molar-refractivity contribution < 1.29 is 0 Å². The number of imidazole rings is 1. The first-order chi connectivity index (χ1) is 6.81. The van der Waals surface area contributed by atoms with Gasteiger partial charge in [-0.3, -0.25) is 0 Å². The SMILES string of the molecule is Cn1ccnc1-c1ncc(CCl)cn1. The number of hydrogen-bond donors (Lipinski definition) is 0. The number of hydrogen-bond acceptors (Lipinski definition) is 3. The molecule has 2 rings (SSSR count). The fraction of sp³-hybridized carbons (Fsp3) is 0.222. The summed E-state index contributed by atoms with van der Waals surface area (Å²) in [5, 5.41) is 0. The third-order valence-electron chi connectivity index (χ3n) is 1.88. The Morgan fingerprint density at radius 3 is 2.50 bits per heavy atom. The van der Waals surface area contributed by atoms with Gasteiger partial charge in [0.15, 0.2) is 11.6 Å². The molecule has 0 radical (unpaired) electrons. The summed E-state index contributed by atoms with van der Waals surface area (Å²) in [6.07, 6.45) is 7.00. The first-order valence-electron chi connectivity index (χ1n) is 4.16. The third kappa shape index (κ3) is 1.61. The van der Waals surface area contributed by atoms with E-state index in [1.165, 1.54) is 0 Å². The molecule has 5 heteroatoms. The Labute approximate surface area is 86.6 Å². The molecule has 0 saturated carbocycles. The number of rotatable bonds is 2. The van der Waals surface area contributed by atoms with Gasteiger partial charge in [-0.25, -0.2) is 15.0 Å². The summed E-state index contributed by atoms with van der Waals surface area (Å²) in [6, 6.07) is 0. The van der Waals surface area contributed by atoms with E-state index in [2.05, 4.69) is 15.0 Å². The monoisotopic (exact) mass is 208 g/mol. The third-order valence-corrected chi connectivity index (χ3v) is 2.19. The minimum Gasteiger partial charge on any atom is -0.331 e. The normalized spacial score (nSPS) is 10.4. The maximum atomic E-state index is 5.63. The van der Waals surface area contributed by atoms with Crippen LogP contribution in [0.15, 0.2) is 24.8 Å². The molecule has 0 spiro atoms. The summed E-state index contributed by atoms with van der Waals surface area (Å²) < 4.78 is 1.87. The average Bonchev–Trinajstić information content (AvgIpc) is 2.65. The van der Waals surface area contributed by atoms with Crippen LogP contribution in [-0.2, 0) is 12.9 Å². The Kier molecular flexibility index (Phi) is 2.45. The minimum absolute atomic E-state index is 0.431. The molecular formula is C9H9ClN4. The van der Waals surface area contributed by atoms with Crippen molar-refractivity contribution in [1.29, 1.82) is 0 Å². The molecule has 0 saturated heterocycles. The van der Waals surface area contributed by atoms with Crippen LogP contribution in [0.3, 0.4) is 0 Å². The highest BCUT2D eigenvalue weighted by atomic mass is 35.5. The first-order valence-corrected chi connectivity index (χ1v) is 4.69. The maximum absolute atomic E-state index is 5.63. The van der Waals surface area contributed by atoms with E-state index in [4.69, 9.17) is 11.6 Å². The van der Waals surface area contributed by atoms with Gasteiger partial charge in [0.25, 0.3) is 0 Å². The van der Waals surface area contributed by atoms with E-state index >= 15 is 0 Å². The lowest BCUT2D eigenvalue weighted by atomic mass is 10.4. The van der Waals surface area contributed by atoms with Crippen molar-refractivity contribution in [3.63, 3.8) is 0 Å². The van der Waals surface area contributed by atoms with Gasteiger partial charge in [-0.15, -0.1) is 11.6 Å². The van der Waals surface area contributed by atoms with Crippen LogP contribution in [0.4, 0.5) is 0 Å². The second-order valence-electron chi connectivity index (χ2n) is 2.91. The van der Waals surface area contributed by atoms with Gasteiger partial charge in [0.1, 0.15) is 0 Å². The molecule has 0 unspecified atom stereocenters. The smallest absolute Gasteiger partial charge is 0.195 e. The van der Waals surface area contributed by atoms with E-state index < -0.39 is 0 Å². The number of aryl methyl sites for hydroxylation is 1. The van der Waals surface area contributed by atoms with Crippen LogP contribution >= 0.6 is 11.6 Å². The molecule has 0 aliphatic rings. The lowest BCUT2D eigenvalue weighted by Crippen LogP contribution is -1.97. The zero-order valence-electron chi connectivity index (χ0n) is 7.68. The van der Waals surface area contributed by atoms with Crippen molar-refractivity contribution in [3.8, 4) is 11.6 Å². The number of alkyl halides is 1. The van der Waals surface area contributed by atoms with Gasteiger partial charge in [-0.1, -0.05) is 0 Å². The molecule has 0 fully saturated rings. The largest absolute Gasteiger partial charge is 0.331 e. The zero-order valence-corrected chi connectivity index (χ0v) is 8.44. The van der Waals surface area contributed by atoms with Gasteiger partial charge in [0, 0.05) is 37.4 Å². The number of nitrogens with zero attached hydrogens (tertiary/aromatic N) is 4. The Bertz CT molecular complexity index is 421. The van der Waals surface area contributed by atoms with E-state index in [0.717, 1.165) is 11.4 Å². The fourth-order valence-electron chi connectivity index (χ4n) is 1.12. The second kappa shape index (κ2) is 3.75. The molecule has 0 amide bonds. The predicted molar refractivity (Wildman–Crippen MR) is 53.8 cm³/mol. The van der Waals surface area contributed by atoms with Crippen LogP contribution in [0.2, 0.25) is 0 Å². The van der Waals surface area contributed by atoms with Crippen LogP contribution in [-0.4, -0.2) is 19.5 Å². The van der Waals surface area contributed by atoms with Gasteiger partial charge in [-0.2, -0.15) is 0 Å². The lowest BCUT2D eigenvalue weighted by molar-refractivity contribution is 0.904. The van der Waals surface area contributed by atoms with E-state index in [1.807, 2.05) is 17.8 Å². The molecule has 14 heavy (non-hydrogen) atoms. The van der Waals surface area contributed by atoms with Crippen molar-refractivity contribution >= 4 is 11.6 Å². The molecule has 0 bridgehead atoms. The summed E-state index contributed by atoms with van der Waals surface area (Å²) in [4.78, 5) is 12.5. The number of aromatic nitrogens is 4. The van der Waals surface area contributed by atoms with E-state index in [1.54, 1.807) is 18.6 Å². The Morgan fingerprint density at radius 1 is 1.29 bits per heavy atom. The quantitative estimate of drug-likeness (QED) is 0.705. The predicted octanol–water partition coefficient (Wildman–Crippen LogP) is 1.62. The van der Waals surface area contributed by atoms with E-state index in [-0.39, 0.29) is 0 Å². The molecule has 0 atom stereocenters. The van der Waals surface area contributed by atoms with Crippen LogP contribution < -0.4 is 0 Å². The molecule has 2 heterocycles. The molecular weight excluding hydrogens is 200 g/mol. The Hall–Kier alpha value is -1.42. The summed E-state index contributed by atoms with van der Waals surface area (Å²) >= 11 is 5.63. The zero-order chi connectivity index (χ0) is 9.97.